The van der Waals surface area contributed by atoms with Crippen molar-refractivity contribution in [3.05, 3.63) is 57.3 Å². The summed E-state index contributed by atoms with van der Waals surface area (Å²) in [4.78, 5) is 2.44. The van der Waals surface area contributed by atoms with Crippen molar-refractivity contribution in [2.75, 3.05) is 20.2 Å². The van der Waals surface area contributed by atoms with E-state index in [1.54, 1.807) is 18.2 Å². The molecule has 1 aliphatic carbocycles. The van der Waals surface area contributed by atoms with Crippen LogP contribution >= 0.6 is 23.2 Å². The zero-order chi connectivity index (χ0) is 19.0. The first kappa shape index (κ1) is 18.9. The number of fused-ring (bicyclic) bond motifs is 1. The highest BCUT2D eigenvalue weighted by molar-refractivity contribution is 6.35. The zero-order valence-corrected chi connectivity index (χ0v) is 16.7. The number of nitrogens with zero attached hydrogens (tertiary/aromatic N) is 1. The van der Waals surface area contributed by atoms with Crippen molar-refractivity contribution in [2.24, 2.45) is 0 Å². The molecular formula is C21H22Cl2FNO2. The van der Waals surface area contributed by atoms with E-state index in [4.69, 9.17) is 32.7 Å². The fourth-order valence-electron chi connectivity index (χ4n) is 4.22. The minimum Gasteiger partial charge on any atom is -0.493 e. The fourth-order valence-corrected chi connectivity index (χ4v) is 4.81. The van der Waals surface area contributed by atoms with Gasteiger partial charge in [-0.15, -0.1) is 0 Å². The van der Waals surface area contributed by atoms with Gasteiger partial charge in [0.2, 0.25) is 0 Å². The van der Waals surface area contributed by atoms with Gasteiger partial charge in [-0.05, 0) is 62.2 Å². The summed E-state index contributed by atoms with van der Waals surface area (Å²) in [5.41, 5.74) is 1.98. The summed E-state index contributed by atoms with van der Waals surface area (Å²) in [7, 11) is 1.51. The van der Waals surface area contributed by atoms with Gasteiger partial charge < -0.3 is 9.47 Å². The Kier molecular flexibility index (Phi) is 5.49. The molecule has 0 saturated carbocycles. The Hall–Kier alpha value is -1.49. The number of methoxy groups -OCH3 is 1. The fraction of sp³-hybridized carbons (Fsp3) is 0.429. The van der Waals surface area contributed by atoms with Gasteiger partial charge in [-0.3, -0.25) is 4.90 Å². The third-order valence-electron chi connectivity index (χ3n) is 5.52. The van der Waals surface area contributed by atoms with E-state index in [0.717, 1.165) is 43.5 Å². The lowest BCUT2D eigenvalue weighted by molar-refractivity contribution is 0.0605. The van der Waals surface area contributed by atoms with Gasteiger partial charge in [-0.25, -0.2) is 4.39 Å². The van der Waals surface area contributed by atoms with E-state index in [1.807, 2.05) is 6.07 Å². The number of piperidine rings is 1. The second-order valence-corrected chi connectivity index (χ2v) is 7.98. The highest BCUT2D eigenvalue weighted by atomic mass is 35.5. The van der Waals surface area contributed by atoms with E-state index in [-0.39, 0.29) is 17.9 Å². The van der Waals surface area contributed by atoms with Gasteiger partial charge in [0.15, 0.2) is 17.3 Å². The van der Waals surface area contributed by atoms with E-state index in [0.29, 0.717) is 15.8 Å². The molecule has 0 N–H and O–H groups in total. The van der Waals surface area contributed by atoms with Gasteiger partial charge in [0, 0.05) is 15.6 Å². The van der Waals surface area contributed by atoms with Crippen LogP contribution in [-0.2, 0) is 6.42 Å². The van der Waals surface area contributed by atoms with Gasteiger partial charge in [0.05, 0.1) is 13.2 Å². The van der Waals surface area contributed by atoms with Crippen molar-refractivity contribution < 1.29 is 13.9 Å². The second kappa shape index (κ2) is 7.86. The van der Waals surface area contributed by atoms with Crippen molar-refractivity contribution >= 4 is 23.2 Å². The number of halogens is 3. The number of likely N-dealkylation sites (tertiary alicyclic amines) is 1. The summed E-state index contributed by atoms with van der Waals surface area (Å²) in [5.74, 6) is 0.0817. The van der Waals surface area contributed by atoms with Gasteiger partial charge in [0.1, 0.15) is 6.10 Å². The van der Waals surface area contributed by atoms with Gasteiger partial charge in [0.25, 0.3) is 0 Å². The Morgan fingerprint density at radius 1 is 1.11 bits per heavy atom. The number of hydrogen-bond acceptors (Lipinski definition) is 3. The SMILES string of the molecule is COc1cccc(F)c1O[C@@H]1c2cc(Cl)cc(Cl)c2C[C@H]1N1CCCCC1. The minimum atomic E-state index is -0.437. The maximum absolute atomic E-state index is 14.5. The Morgan fingerprint density at radius 2 is 1.89 bits per heavy atom. The number of rotatable bonds is 4. The average molecular weight is 410 g/mol. The van der Waals surface area contributed by atoms with Crippen LogP contribution in [0.25, 0.3) is 0 Å². The second-order valence-electron chi connectivity index (χ2n) is 7.13. The summed E-state index contributed by atoms with van der Waals surface area (Å²) in [6, 6.07) is 8.45. The Balaban J connectivity index is 1.75. The van der Waals surface area contributed by atoms with E-state index < -0.39 is 5.82 Å². The standard InChI is InChI=1S/C21H22Cl2FNO2/c1-26-19-7-5-6-17(24)21(19)27-20-15-10-13(22)11-16(23)14(15)12-18(20)25-8-3-2-4-9-25/h5-7,10-11,18,20H,2-4,8-9,12H2,1H3/t18-,20-/m1/s1. The van der Waals surface area contributed by atoms with E-state index in [1.165, 1.54) is 19.6 Å². The van der Waals surface area contributed by atoms with Crippen LogP contribution in [0.2, 0.25) is 10.0 Å². The number of benzene rings is 2. The number of ether oxygens (including phenoxy) is 2. The molecule has 0 aromatic heterocycles. The molecule has 1 aliphatic heterocycles. The maximum atomic E-state index is 14.5. The van der Waals surface area contributed by atoms with Crippen molar-refractivity contribution in [3.8, 4) is 11.5 Å². The van der Waals surface area contributed by atoms with Crippen LogP contribution in [-0.4, -0.2) is 31.1 Å². The molecule has 2 aromatic carbocycles. The van der Waals surface area contributed by atoms with Crippen molar-refractivity contribution in [1.82, 2.24) is 4.90 Å². The molecule has 6 heteroatoms. The molecule has 2 atom stereocenters. The molecule has 1 saturated heterocycles. The molecule has 1 fully saturated rings. The van der Waals surface area contributed by atoms with Crippen molar-refractivity contribution in [1.29, 1.82) is 0 Å². The van der Waals surface area contributed by atoms with E-state index >= 15 is 0 Å². The molecule has 0 spiro atoms. The van der Waals surface area contributed by atoms with Crippen LogP contribution < -0.4 is 9.47 Å². The summed E-state index contributed by atoms with van der Waals surface area (Å²) >= 11 is 12.7. The van der Waals surface area contributed by atoms with Crippen LogP contribution in [0, 0.1) is 5.82 Å². The lowest BCUT2D eigenvalue weighted by atomic mass is 10.0. The molecule has 2 aromatic rings. The highest BCUT2D eigenvalue weighted by Gasteiger charge is 2.40. The smallest absolute Gasteiger partial charge is 0.197 e. The molecule has 1 heterocycles. The third-order valence-corrected chi connectivity index (χ3v) is 6.07. The summed E-state index contributed by atoms with van der Waals surface area (Å²) < 4.78 is 26.1. The number of para-hydroxylation sites is 1. The third kappa shape index (κ3) is 3.63. The molecule has 144 valence electrons. The van der Waals surface area contributed by atoms with Gasteiger partial charge in [-0.1, -0.05) is 35.7 Å². The lowest BCUT2D eigenvalue weighted by Crippen LogP contribution is -2.43. The first-order valence-corrected chi connectivity index (χ1v) is 10.0. The average Bonchev–Trinajstić information content (AvgIpc) is 3.03. The van der Waals surface area contributed by atoms with Crippen LogP contribution in [0.5, 0.6) is 11.5 Å². The molecule has 2 aliphatic rings. The first-order valence-electron chi connectivity index (χ1n) is 9.29. The molecule has 0 unspecified atom stereocenters. The van der Waals surface area contributed by atoms with E-state index in [9.17, 15) is 4.39 Å². The van der Waals surface area contributed by atoms with Crippen LogP contribution in [0.3, 0.4) is 0 Å². The summed E-state index contributed by atoms with van der Waals surface area (Å²) in [6.07, 6.45) is 4.00. The molecule has 0 radical (unpaired) electrons. The monoisotopic (exact) mass is 409 g/mol. The van der Waals surface area contributed by atoms with Crippen LogP contribution in [0.15, 0.2) is 30.3 Å². The van der Waals surface area contributed by atoms with Gasteiger partial charge in [-0.2, -0.15) is 0 Å². The molecule has 0 amide bonds. The normalized spacial score (nSPS) is 22.5. The molecule has 0 bridgehead atoms. The first-order chi connectivity index (χ1) is 13.1. The highest BCUT2D eigenvalue weighted by Crippen LogP contribution is 2.45. The predicted octanol–water partition coefficient (Wildman–Crippen LogP) is 5.67. The zero-order valence-electron chi connectivity index (χ0n) is 15.2. The van der Waals surface area contributed by atoms with Crippen LogP contribution in [0.1, 0.15) is 36.5 Å². The molecule has 4 rings (SSSR count). The van der Waals surface area contributed by atoms with Crippen molar-refractivity contribution in [2.45, 2.75) is 37.8 Å². The Morgan fingerprint density at radius 3 is 2.63 bits per heavy atom. The topological polar surface area (TPSA) is 21.7 Å². The summed E-state index contributed by atoms with van der Waals surface area (Å²) in [6.45, 7) is 2.02. The van der Waals surface area contributed by atoms with Crippen LogP contribution in [0.4, 0.5) is 4.39 Å². The van der Waals surface area contributed by atoms with Crippen molar-refractivity contribution in [3.63, 3.8) is 0 Å². The lowest BCUT2D eigenvalue weighted by Gasteiger charge is -2.36. The minimum absolute atomic E-state index is 0.0978. The predicted molar refractivity (Wildman–Crippen MR) is 106 cm³/mol. The Labute approximate surface area is 169 Å². The molecule has 27 heavy (non-hydrogen) atoms. The largest absolute Gasteiger partial charge is 0.493 e. The Bertz CT molecular complexity index is 839. The molecule has 3 nitrogen and oxygen atoms in total. The quantitative estimate of drug-likeness (QED) is 0.648. The summed E-state index contributed by atoms with van der Waals surface area (Å²) in [5, 5.41) is 1.21. The maximum Gasteiger partial charge on any atom is 0.197 e. The number of hydrogen-bond donors (Lipinski definition) is 0. The van der Waals surface area contributed by atoms with E-state index in [2.05, 4.69) is 4.90 Å². The molecular weight excluding hydrogens is 388 g/mol. The van der Waals surface area contributed by atoms with Gasteiger partial charge >= 0.3 is 0 Å².